The number of carboxylic acids is 1. The van der Waals surface area contributed by atoms with Crippen molar-refractivity contribution in [3.63, 3.8) is 0 Å². The zero-order chi connectivity index (χ0) is 14.7. The summed E-state index contributed by atoms with van der Waals surface area (Å²) in [5.74, 6) is -1.36. The van der Waals surface area contributed by atoms with Gasteiger partial charge < -0.3 is 9.84 Å². The summed E-state index contributed by atoms with van der Waals surface area (Å²) in [6.07, 6.45) is 3.26. The Morgan fingerprint density at radius 3 is 2.75 bits per heavy atom. The van der Waals surface area contributed by atoms with Crippen molar-refractivity contribution < 1.29 is 19.4 Å². The molecule has 104 valence electrons. The van der Waals surface area contributed by atoms with Crippen LogP contribution in [0.15, 0.2) is 30.6 Å². The van der Waals surface area contributed by atoms with Crippen LogP contribution >= 0.6 is 0 Å². The molecular weight excluding hydrogens is 260 g/mol. The van der Waals surface area contributed by atoms with Crippen molar-refractivity contribution in [2.24, 2.45) is 0 Å². The summed E-state index contributed by atoms with van der Waals surface area (Å²) in [6.45, 7) is 1.77. The molecule has 1 aromatic heterocycles. The Bertz CT molecular complexity index is 661. The second-order valence-electron chi connectivity index (χ2n) is 4.34. The average molecular weight is 274 g/mol. The molecule has 0 amide bonds. The fraction of sp³-hybridized carbons (Fsp3) is 0.214. The van der Waals surface area contributed by atoms with Crippen molar-refractivity contribution in [3.8, 4) is 11.1 Å². The van der Waals surface area contributed by atoms with Gasteiger partial charge in [-0.2, -0.15) is 5.10 Å². The summed E-state index contributed by atoms with van der Waals surface area (Å²) in [6, 6.07) is 5.16. The van der Waals surface area contributed by atoms with Gasteiger partial charge in [-0.3, -0.25) is 9.48 Å². The van der Waals surface area contributed by atoms with E-state index in [1.165, 1.54) is 11.8 Å². The number of carbonyl (C=O) groups excluding carboxylic acids is 1. The smallest absolute Gasteiger partial charge is 0.335 e. The molecule has 0 aliphatic carbocycles. The van der Waals surface area contributed by atoms with Crippen LogP contribution in [0, 0.1) is 6.92 Å². The first-order chi connectivity index (χ1) is 9.51. The van der Waals surface area contributed by atoms with Crippen LogP contribution in [0.1, 0.15) is 15.9 Å². The van der Waals surface area contributed by atoms with Crippen molar-refractivity contribution in [3.05, 3.63) is 41.7 Å². The van der Waals surface area contributed by atoms with E-state index in [0.717, 1.165) is 11.1 Å². The Kier molecular flexibility index (Phi) is 3.84. The first-order valence-electron chi connectivity index (χ1n) is 5.95. The van der Waals surface area contributed by atoms with E-state index in [2.05, 4.69) is 9.84 Å². The highest BCUT2D eigenvalue weighted by Gasteiger charge is 2.11. The number of hydrogen-bond acceptors (Lipinski definition) is 4. The molecule has 0 unspecified atom stereocenters. The Labute approximate surface area is 115 Å². The molecule has 20 heavy (non-hydrogen) atoms. The molecule has 0 fully saturated rings. The van der Waals surface area contributed by atoms with Crippen LogP contribution in [-0.2, 0) is 16.1 Å². The van der Waals surface area contributed by atoms with Gasteiger partial charge >= 0.3 is 11.9 Å². The van der Waals surface area contributed by atoms with Crippen LogP contribution in [-0.4, -0.2) is 33.9 Å². The number of benzene rings is 1. The maximum absolute atomic E-state index is 11.2. The van der Waals surface area contributed by atoms with Gasteiger partial charge in [0.25, 0.3) is 0 Å². The number of esters is 1. The molecule has 0 saturated carbocycles. The zero-order valence-corrected chi connectivity index (χ0v) is 11.2. The number of aryl methyl sites for hydroxylation is 1. The van der Waals surface area contributed by atoms with Gasteiger partial charge in [0.1, 0.15) is 6.54 Å². The summed E-state index contributed by atoms with van der Waals surface area (Å²) in [7, 11) is 1.31. The number of ether oxygens (including phenoxy) is 1. The molecule has 1 aromatic carbocycles. The van der Waals surface area contributed by atoms with Crippen LogP contribution < -0.4 is 0 Å². The molecule has 2 aromatic rings. The standard InChI is InChI=1S/C14H14N2O4/c1-9-3-4-10(5-12(9)14(18)19)11-6-15-16(7-11)8-13(17)20-2/h3-7H,8H2,1-2H3,(H,18,19). The molecule has 1 heterocycles. The molecule has 0 aliphatic heterocycles. The maximum atomic E-state index is 11.2. The first-order valence-corrected chi connectivity index (χ1v) is 5.95. The largest absolute Gasteiger partial charge is 0.478 e. The van der Waals surface area contributed by atoms with Crippen LogP contribution in [0.25, 0.3) is 11.1 Å². The van der Waals surface area contributed by atoms with E-state index < -0.39 is 11.9 Å². The van der Waals surface area contributed by atoms with Gasteiger partial charge in [0.15, 0.2) is 0 Å². The first kappa shape index (κ1) is 13.8. The number of aromatic carboxylic acids is 1. The fourth-order valence-corrected chi connectivity index (χ4v) is 1.83. The van der Waals surface area contributed by atoms with Crippen LogP contribution in [0.5, 0.6) is 0 Å². The third kappa shape index (κ3) is 2.85. The van der Waals surface area contributed by atoms with Crippen molar-refractivity contribution in [1.82, 2.24) is 9.78 Å². The molecule has 0 spiro atoms. The minimum Gasteiger partial charge on any atom is -0.478 e. The number of carbonyl (C=O) groups is 2. The van der Waals surface area contributed by atoms with E-state index >= 15 is 0 Å². The lowest BCUT2D eigenvalue weighted by molar-refractivity contribution is -0.141. The fourth-order valence-electron chi connectivity index (χ4n) is 1.83. The highest BCUT2D eigenvalue weighted by atomic mass is 16.5. The Balaban J connectivity index is 2.30. The van der Waals surface area contributed by atoms with Gasteiger partial charge in [-0.1, -0.05) is 12.1 Å². The number of rotatable bonds is 4. The monoisotopic (exact) mass is 274 g/mol. The van der Waals surface area contributed by atoms with E-state index in [0.29, 0.717) is 5.56 Å². The Morgan fingerprint density at radius 2 is 2.10 bits per heavy atom. The van der Waals surface area contributed by atoms with E-state index in [9.17, 15) is 9.59 Å². The second kappa shape index (κ2) is 5.56. The quantitative estimate of drug-likeness (QED) is 0.859. The van der Waals surface area contributed by atoms with E-state index in [4.69, 9.17) is 5.11 Å². The minimum absolute atomic E-state index is 0.0220. The van der Waals surface area contributed by atoms with E-state index in [-0.39, 0.29) is 12.1 Å². The van der Waals surface area contributed by atoms with Crippen molar-refractivity contribution >= 4 is 11.9 Å². The van der Waals surface area contributed by atoms with Crippen molar-refractivity contribution in [2.45, 2.75) is 13.5 Å². The van der Waals surface area contributed by atoms with Gasteiger partial charge in [0.05, 0.1) is 18.9 Å². The molecule has 2 rings (SSSR count). The predicted octanol–water partition coefficient (Wildman–Crippen LogP) is 1.73. The lowest BCUT2D eigenvalue weighted by Crippen LogP contribution is -2.11. The minimum atomic E-state index is -0.966. The second-order valence-corrected chi connectivity index (χ2v) is 4.34. The van der Waals surface area contributed by atoms with E-state index in [1.54, 1.807) is 31.5 Å². The summed E-state index contributed by atoms with van der Waals surface area (Å²) in [5.41, 5.74) is 2.44. The summed E-state index contributed by atoms with van der Waals surface area (Å²) >= 11 is 0. The van der Waals surface area contributed by atoms with Crippen LogP contribution in [0.4, 0.5) is 0 Å². The van der Waals surface area contributed by atoms with Gasteiger partial charge in [0, 0.05) is 11.8 Å². The van der Waals surface area contributed by atoms with Crippen molar-refractivity contribution in [1.29, 1.82) is 0 Å². The van der Waals surface area contributed by atoms with Gasteiger partial charge in [-0.25, -0.2) is 4.79 Å². The number of aromatic nitrogens is 2. The lowest BCUT2D eigenvalue weighted by Gasteiger charge is -2.03. The Hall–Kier alpha value is -2.63. The topological polar surface area (TPSA) is 81.4 Å². The molecule has 6 heteroatoms. The normalized spacial score (nSPS) is 10.3. The number of carboxylic acid groups (broad SMARTS) is 1. The maximum Gasteiger partial charge on any atom is 0.335 e. The van der Waals surface area contributed by atoms with Gasteiger partial charge in [-0.05, 0) is 24.1 Å². The third-order valence-electron chi connectivity index (χ3n) is 2.95. The molecule has 0 bridgehead atoms. The number of nitrogens with zero attached hydrogens (tertiary/aromatic N) is 2. The van der Waals surface area contributed by atoms with Gasteiger partial charge in [0.2, 0.25) is 0 Å². The molecule has 0 radical (unpaired) electrons. The lowest BCUT2D eigenvalue weighted by atomic mass is 10.0. The van der Waals surface area contributed by atoms with Crippen LogP contribution in [0.3, 0.4) is 0 Å². The highest BCUT2D eigenvalue weighted by molar-refractivity contribution is 5.91. The average Bonchev–Trinajstić information content (AvgIpc) is 2.87. The zero-order valence-electron chi connectivity index (χ0n) is 11.2. The molecule has 0 aliphatic rings. The summed E-state index contributed by atoms with van der Waals surface area (Å²) in [5, 5.41) is 13.2. The molecule has 0 atom stereocenters. The number of hydrogen-bond donors (Lipinski definition) is 1. The molecule has 1 N–H and O–H groups in total. The van der Waals surface area contributed by atoms with Crippen molar-refractivity contribution in [2.75, 3.05) is 7.11 Å². The van der Waals surface area contributed by atoms with E-state index in [1.807, 2.05) is 6.07 Å². The number of methoxy groups -OCH3 is 1. The predicted molar refractivity (Wildman–Crippen MR) is 71.4 cm³/mol. The summed E-state index contributed by atoms with van der Waals surface area (Å²) < 4.78 is 6.00. The highest BCUT2D eigenvalue weighted by Crippen LogP contribution is 2.22. The summed E-state index contributed by atoms with van der Waals surface area (Å²) in [4.78, 5) is 22.3. The Morgan fingerprint density at radius 1 is 1.35 bits per heavy atom. The molecule has 0 saturated heterocycles. The molecular formula is C14H14N2O4. The van der Waals surface area contributed by atoms with Crippen LogP contribution in [0.2, 0.25) is 0 Å². The SMILES string of the molecule is COC(=O)Cn1cc(-c2ccc(C)c(C(=O)O)c2)cn1. The molecule has 6 nitrogen and oxygen atoms in total. The van der Waals surface area contributed by atoms with Gasteiger partial charge in [-0.15, -0.1) is 0 Å². The third-order valence-corrected chi connectivity index (χ3v) is 2.95.